The number of carboxylic acids is 1. The molecule has 78 valence electrons. The van der Waals surface area contributed by atoms with Crippen molar-refractivity contribution in [2.75, 3.05) is 0 Å². The topological polar surface area (TPSA) is 70.7 Å². The number of carboxylic acid groups (broad SMARTS) is 1. The average molecular weight is 206 g/mol. The van der Waals surface area contributed by atoms with E-state index in [2.05, 4.69) is 0 Å². The van der Waals surface area contributed by atoms with E-state index in [4.69, 9.17) is 9.52 Å². The van der Waals surface area contributed by atoms with E-state index in [0.717, 1.165) is 5.56 Å². The Hall–Kier alpha value is -1.97. The van der Waals surface area contributed by atoms with Crippen LogP contribution in [0, 0.1) is 13.8 Å². The van der Waals surface area contributed by atoms with Crippen molar-refractivity contribution < 1.29 is 19.4 Å². The quantitative estimate of drug-likeness (QED) is 0.751. The smallest absolute Gasteiger partial charge is 0.336 e. The van der Waals surface area contributed by atoms with E-state index in [1.54, 1.807) is 13.8 Å². The summed E-state index contributed by atoms with van der Waals surface area (Å²) in [6.45, 7) is 3.51. The molecule has 4 heteroatoms. The minimum Gasteiger partial charge on any atom is -0.504 e. The van der Waals surface area contributed by atoms with Crippen LogP contribution in [0.1, 0.15) is 21.7 Å². The number of aromatic hydroxyl groups is 1. The van der Waals surface area contributed by atoms with Crippen LogP contribution in [0.15, 0.2) is 16.5 Å². The number of carbonyl (C=O) groups is 1. The third-order valence-electron chi connectivity index (χ3n) is 2.53. The number of fused-ring (bicyclic) bond motifs is 1. The van der Waals surface area contributed by atoms with Gasteiger partial charge in [0.25, 0.3) is 0 Å². The molecule has 0 atom stereocenters. The Kier molecular flexibility index (Phi) is 1.93. The van der Waals surface area contributed by atoms with Crippen LogP contribution in [-0.2, 0) is 0 Å². The zero-order chi connectivity index (χ0) is 11.2. The molecule has 1 heterocycles. The molecule has 0 spiro atoms. The molecule has 0 bridgehead atoms. The molecule has 0 aliphatic heterocycles. The number of rotatable bonds is 1. The Bertz CT molecular complexity index is 551. The molecule has 15 heavy (non-hydrogen) atoms. The van der Waals surface area contributed by atoms with Crippen LogP contribution < -0.4 is 0 Å². The van der Waals surface area contributed by atoms with Crippen molar-refractivity contribution in [3.05, 3.63) is 29.0 Å². The number of phenols is 1. The normalized spacial score (nSPS) is 10.8. The maximum atomic E-state index is 11.0. The molecule has 0 aliphatic rings. The first-order valence-electron chi connectivity index (χ1n) is 4.47. The molecule has 2 N–H and O–H groups in total. The van der Waals surface area contributed by atoms with E-state index in [1.807, 2.05) is 0 Å². The highest BCUT2D eigenvalue weighted by atomic mass is 16.4. The highest BCUT2D eigenvalue weighted by Gasteiger charge is 2.18. The molecule has 0 fully saturated rings. The van der Waals surface area contributed by atoms with Crippen LogP contribution in [-0.4, -0.2) is 16.2 Å². The highest BCUT2D eigenvalue weighted by molar-refractivity contribution is 6.05. The van der Waals surface area contributed by atoms with E-state index < -0.39 is 5.97 Å². The van der Waals surface area contributed by atoms with Crippen LogP contribution in [0.4, 0.5) is 0 Å². The fraction of sp³-hybridized carbons (Fsp3) is 0.182. The molecule has 1 aromatic heterocycles. The predicted molar refractivity (Wildman–Crippen MR) is 54.3 cm³/mol. The van der Waals surface area contributed by atoms with E-state index in [-0.39, 0.29) is 16.9 Å². The minimum atomic E-state index is -1.02. The van der Waals surface area contributed by atoms with Crippen molar-refractivity contribution in [2.24, 2.45) is 0 Å². The first-order valence-corrected chi connectivity index (χ1v) is 4.47. The third kappa shape index (κ3) is 1.26. The summed E-state index contributed by atoms with van der Waals surface area (Å²) in [5, 5.41) is 19.0. The van der Waals surface area contributed by atoms with Gasteiger partial charge < -0.3 is 14.6 Å². The molecule has 2 rings (SSSR count). The van der Waals surface area contributed by atoms with E-state index in [9.17, 15) is 9.90 Å². The molecule has 4 nitrogen and oxygen atoms in total. The Morgan fingerprint density at radius 2 is 2.00 bits per heavy atom. The Morgan fingerprint density at radius 1 is 1.33 bits per heavy atom. The monoisotopic (exact) mass is 206 g/mol. The number of aromatic carboxylic acids is 1. The van der Waals surface area contributed by atoms with E-state index in [0.29, 0.717) is 11.1 Å². The number of aryl methyl sites for hydroxylation is 2. The van der Waals surface area contributed by atoms with Gasteiger partial charge in [0.2, 0.25) is 0 Å². The first kappa shape index (κ1) is 9.58. The number of hydrogen-bond acceptors (Lipinski definition) is 3. The van der Waals surface area contributed by atoms with Gasteiger partial charge in [-0.2, -0.15) is 0 Å². The SMILES string of the molecule is Cc1oc2c(O)ccc(C(=O)O)c2c1C. The number of furan rings is 1. The number of phenolic OH excluding ortho intramolecular Hbond substituents is 1. The molecule has 0 aliphatic carbocycles. The molecular formula is C11H10O4. The summed E-state index contributed by atoms with van der Waals surface area (Å²) in [7, 11) is 0. The molecule has 0 amide bonds. The van der Waals surface area contributed by atoms with Crippen LogP contribution in [0.25, 0.3) is 11.0 Å². The lowest BCUT2D eigenvalue weighted by Gasteiger charge is -1.99. The summed E-state index contributed by atoms with van der Waals surface area (Å²) < 4.78 is 5.31. The van der Waals surface area contributed by atoms with Gasteiger partial charge in [-0.3, -0.25) is 0 Å². The lowest BCUT2D eigenvalue weighted by Crippen LogP contribution is -1.97. The molecule has 0 saturated carbocycles. The van der Waals surface area contributed by atoms with Crippen molar-refractivity contribution in [3.8, 4) is 5.75 Å². The van der Waals surface area contributed by atoms with Crippen LogP contribution >= 0.6 is 0 Å². The van der Waals surface area contributed by atoms with Crippen molar-refractivity contribution in [3.63, 3.8) is 0 Å². The van der Waals surface area contributed by atoms with Crippen molar-refractivity contribution in [1.29, 1.82) is 0 Å². The fourth-order valence-corrected chi connectivity index (χ4v) is 1.63. The third-order valence-corrected chi connectivity index (χ3v) is 2.53. The summed E-state index contributed by atoms with van der Waals surface area (Å²) in [6.07, 6.45) is 0. The maximum Gasteiger partial charge on any atom is 0.336 e. The lowest BCUT2D eigenvalue weighted by molar-refractivity contribution is 0.0699. The second-order valence-corrected chi connectivity index (χ2v) is 3.42. The molecular weight excluding hydrogens is 196 g/mol. The van der Waals surface area contributed by atoms with Gasteiger partial charge in [-0.25, -0.2) is 4.79 Å². The summed E-state index contributed by atoms with van der Waals surface area (Å²) >= 11 is 0. The van der Waals surface area contributed by atoms with Crippen molar-refractivity contribution in [2.45, 2.75) is 13.8 Å². The molecule has 2 aromatic rings. The van der Waals surface area contributed by atoms with Gasteiger partial charge in [-0.1, -0.05) is 0 Å². The Morgan fingerprint density at radius 3 is 2.60 bits per heavy atom. The molecule has 1 aromatic carbocycles. The van der Waals surface area contributed by atoms with Gasteiger partial charge in [0.15, 0.2) is 11.3 Å². The van der Waals surface area contributed by atoms with Crippen LogP contribution in [0.3, 0.4) is 0 Å². The van der Waals surface area contributed by atoms with Gasteiger partial charge in [0.05, 0.1) is 5.56 Å². The van der Waals surface area contributed by atoms with Gasteiger partial charge in [0.1, 0.15) is 5.76 Å². The van der Waals surface area contributed by atoms with Crippen LogP contribution in [0.2, 0.25) is 0 Å². The summed E-state index contributed by atoms with van der Waals surface area (Å²) in [5.74, 6) is -0.441. The zero-order valence-corrected chi connectivity index (χ0v) is 8.37. The van der Waals surface area contributed by atoms with E-state index >= 15 is 0 Å². The predicted octanol–water partition coefficient (Wildman–Crippen LogP) is 2.45. The summed E-state index contributed by atoms with van der Waals surface area (Å²) in [6, 6.07) is 2.70. The zero-order valence-electron chi connectivity index (χ0n) is 8.37. The first-order chi connectivity index (χ1) is 7.02. The number of benzene rings is 1. The van der Waals surface area contributed by atoms with E-state index in [1.165, 1.54) is 12.1 Å². The van der Waals surface area contributed by atoms with Gasteiger partial charge in [0, 0.05) is 5.39 Å². The Labute approximate surface area is 85.8 Å². The second kappa shape index (κ2) is 3.02. The highest BCUT2D eigenvalue weighted by Crippen LogP contribution is 2.33. The summed E-state index contributed by atoms with van der Waals surface area (Å²) in [5.41, 5.74) is 1.14. The largest absolute Gasteiger partial charge is 0.504 e. The van der Waals surface area contributed by atoms with Gasteiger partial charge in [-0.05, 0) is 31.5 Å². The summed E-state index contributed by atoms with van der Waals surface area (Å²) in [4.78, 5) is 11.0. The molecule has 0 radical (unpaired) electrons. The Balaban J connectivity index is 2.96. The van der Waals surface area contributed by atoms with Crippen LogP contribution in [0.5, 0.6) is 5.75 Å². The van der Waals surface area contributed by atoms with Crippen molar-refractivity contribution >= 4 is 16.9 Å². The lowest BCUT2D eigenvalue weighted by atomic mass is 10.1. The fourth-order valence-electron chi connectivity index (χ4n) is 1.63. The second-order valence-electron chi connectivity index (χ2n) is 3.42. The standard InChI is InChI=1S/C11H10O4/c1-5-6(2)15-10-8(12)4-3-7(9(5)10)11(13)14/h3-4,12H,1-2H3,(H,13,14). The van der Waals surface area contributed by atoms with Crippen molar-refractivity contribution in [1.82, 2.24) is 0 Å². The van der Waals surface area contributed by atoms with Gasteiger partial charge >= 0.3 is 5.97 Å². The maximum absolute atomic E-state index is 11.0. The molecule has 0 unspecified atom stereocenters. The molecule has 0 saturated heterocycles. The number of hydrogen-bond donors (Lipinski definition) is 2. The minimum absolute atomic E-state index is 0.0359. The van der Waals surface area contributed by atoms with Gasteiger partial charge in [-0.15, -0.1) is 0 Å². The average Bonchev–Trinajstić information content (AvgIpc) is 2.46.